The summed E-state index contributed by atoms with van der Waals surface area (Å²) in [6, 6.07) is 7.39. The molecular weight excluding hydrogens is 398 g/mol. The Kier molecular flexibility index (Phi) is 9.86. The second-order valence-corrected chi connectivity index (χ2v) is 8.43. The number of carbonyl (C=O) groups excluding carboxylic acids is 2. The molecule has 7 nitrogen and oxygen atoms in total. The van der Waals surface area contributed by atoms with Gasteiger partial charge in [0.05, 0.1) is 5.75 Å². The van der Waals surface area contributed by atoms with E-state index in [1.165, 1.54) is 11.8 Å². The number of hydrogen-bond donors (Lipinski definition) is 1. The molecule has 2 rings (SSSR count). The molecule has 30 heavy (non-hydrogen) atoms. The molecule has 1 atom stereocenters. The summed E-state index contributed by atoms with van der Waals surface area (Å²) in [6.07, 6.45) is 6.86. The van der Waals surface area contributed by atoms with Crippen molar-refractivity contribution in [3.63, 3.8) is 0 Å². The lowest BCUT2D eigenvalue weighted by molar-refractivity contribution is -0.113. The summed E-state index contributed by atoms with van der Waals surface area (Å²) in [7, 11) is 1.83. The second-order valence-electron chi connectivity index (χ2n) is 7.49. The Labute approximate surface area is 183 Å². The number of nitrogens with one attached hydrogen (secondary N) is 1. The minimum Gasteiger partial charge on any atom is -0.336 e. The van der Waals surface area contributed by atoms with Crippen LogP contribution in [-0.2, 0) is 11.8 Å². The molecular formula is C22H33N5O2S. The van der Waals surface area contributed by atoms with Crippen LogP contribution >= 0.6 is 11.8 Å². The summed E-state index contributed by atoms with van der Waals surface area (Å²) >= 11 is 1.32. The first-order valence-electron chi connectivity index (χ1n) is 10.6. The predicted octanol–water partition coefficient (Wildman–Crippen LogP) is 4.37. The predicted molar refractivity (Wildman–Crippen MR) is 122 cm³/mol. The number of aryl methyl sites for hydroxylation is 1. The average Bonchev–Trinajstić information content (AvgIpc) is 3.14. The molecule has 0 aliphatic rings. The molecule has 0 saturated heterocycles. The molecule has 0 saturated carbocycles. The van der Waals surface area contributed by atoms with Gasteiger partial charge in [0, 0.05) is 30.9 Å². The van der Waals surface area contributed by atoms with Crippen molar-refractivity contribution >= 4 is 29.3 Å². The van der Waals surface area contributed by atoms with Crippen LogP contribution in [0.3, 0.4) is 0 Å². The molecule has 1 unspecified atom stereocenters. The maximum Gasteiger partial charge on any atom is 0.254 e. The van der Waals surface area contributed by atoms with E-state index in [-0.39, 0.29) is 23.6 Å². The van der Waals surface area contributed by atoms with Gasteiger partial charge in [-0.3, -0.25) is 9.59 Å². The van der Waals surface area contributed by atoms with E-state index in [0.717, 1.165) is 38.6 Å². The molecule has 0 bridgehead atoms. The molecule has 2 amide bonds. The fourth-order valence-corrected chi connectivity index (χ4v) is 3.94. The van der Waals surface area contributed by atoms with Crippen LogP contribution in [0, 0.1) is 0 Å². The Balaban J connectivity index is 2.02. The van der Waals surface area contributed by atoms with E-state index in [9.17, 15) is 9.59 Å². The first kappa shape index (κ1) is 23.9. The molecule has 164 valence electrons. The molecule has 1 aromatic heterocycles. The van der Waals surface area contributed by atoms with Crippen molar-refractivity contribution in [2.75, 3.05) is 17.6 Å². The highest BCUT2D eigenvalue weighted by molar-refractivity contribution is 7.99. The van der Waals surface area contributed by atoms with E-state index < -0.39 is 0 Å². The van der Waals surface area contributed by atoms with Crippen molar-refractivity contribution in [2.24, 2.45) is 7.05 Å². The van der Waals surface area contributed by atoms with Crippen LogP contribution in [0.4, 0.5) is 5.69 Å². The van der Waals surface area contributed by atoms with Crippen LogP contribution in [0.25, 0.3) is 0 Å². The van der Waals surface area contributed by atoms with E-state index in [0.29, 0.717) is 16.4 Å². The zero-order chi connectivity index (χ0) is 21.9. The number of rotatable bonds is 12. The highest BCUT2D eigenvalue weighted by Gasteiger charge is 2.21. The number of nitrogens with zero attached hydrogens (tertiary/aromatic N) is 4. The number of carbonyl (C=O) groups is 2. The van der Waals surface area contributed by atoms with Gasteiger partial charge in [-0.15, -0.1) is 10.2 Å². The van der Waals surface area contributed by atoms with Gasteiger partial charge in [0.1, 0.15) is 6.33 Å². The Morgan fingerprint density at radius 1 is 1.23 bits per heavy atom. The van der Waals surface area contributed by atoms with Crippen molar-refractivity contribution in [1.29, 1.82) is 0 Å². The van der Waals surface area contributed by atoms with Crippen LogP contribution in [0.2, 0.25) is 0 Å². The Bertz CT molecular complexity index is 823. The van der Waals surface area contributed by atoms with Crippen molar-refractivity contribution < 1.29 is 9.59 Å². The summed E-state index contributed by atoms with van der Waals surface area (Å²) in [5.74, 6) is 0.102. The van der Waals surface area contributed by atoms with Gasteiger partial charge in [-0.05, 0) is 38.0 Å². The Hall–Kier alpha value is -2.35. The second kappa shape index (κ2) is 12.4. The fourth-order valence-electron chi connectivity index (χ4n) is 3.25. The molecule has 1 aromatic carbocycles. The maximum absolute atomic E-state index is 13.2. The average molecular weight is 432 g/mol. The molecule has 0 aliphatic heterocycles. The van der Waals surface area contributed by atoms with Crippen molar-refractivity contribution in [3.05, 3.63) is 36.2 Å². The molecule has 2 aromatic rings. The van der Waals surface area contributed by atoms with Crippen LogP contribution in [0.15, 0.2) is 35.7 Å². The number of aromatic nitrogens is 3. The summed E-state index contributed by atoms with van der Waals surface area (Å²) in [6.45, 7) is 7.18. The van der Waals surface area contributed by atoms with E-state index in [1.54, 1.807) is 23.0 Å². The SMILES string of the molecule is CCCCCN(C(=O)c1cccc(NC(=O)CSc2nncn2C)c1)C(C)CCC. The van der Waals surface area contributed by atoms with Crippen molar-refractivity contribution in [3.8, 4) is 0 Å². The minimum atomic E-state index is -0.147. The lowest BCUT2D eigenvalue weighted by Crippen LogP contribution is -2.39. The summed E-state index contributed by atoms with van der Waals surface area (Å²) < 4.78 is 1.77. The first-order valence-corrected chi connectivity index (χ1v) is 11.6. The number of thioether (sulfide) groups is 1. The smallest absolute Gasteiger partial charge is 0.254 e. The maximum atomic E-state index is 13.2. The van der Waals surface area contributed by atoms with Gasteiger partial charge in [-0.1, -0.05) is 50.9 Å². The zero-order valence-corrected chi connectivity index (χ0v) is 19.2. The molecule has 0 radical (unpaired) electrons. The molecule has 0 aliphatic carbocycles. The van der Waals surface area contributed by atoms with Gasteiger partial charge in [-0.2, -0.15) is 0 Å². The number of benzene rings is 1. The molecule has 0 spiro atoms. The van der Waals surface area contributed by atoms with Crippen molar-refractivity contribution in [2.45, 2.75) is 64.1 Å². The van der Waals surface area contributed by atoms with Gasteiger partial charge in [-0.25, -0.2) is 0 Å². The summed E-state index contributed by atoms with van der Waals surface area (Å²) in [4.78, 5) is 27.5. The molecule has 8 heteroatoms. The third kappa shape index (κ3) is 7.16. The van der Waals surface area contributed by atoms with Crippen molar-refractivity contribution in [1.82, 2.24) is 19.7 Å². The third-order valence-electron chi connectivity index (χ3n) is 4.90. The Morgan fingerprint density at radius 3 is 2.70 bits per heavy atom. The zero-order valence-electron chi connectivity index (χ0n) is 18.4. The van der Waals surface area contributed by atoms with Gasteiger partial charge in [0.15, 0.2) is 5.16 Å². The van der Waals surface area contributed by atoms with Crippen LogP contribution in [-0.4, -0.2) is 49.8 Å². The van der Waals surface area contributed by atoms with Crippen LogP contribution in [0.1, 0.15) is 63.2 Å². The first-order chi connectivity index (χ1) is 14.5. The molecule has 0 fully saturated rings. The van der Waals surface area contributed by atoms with Crippen LogP contribution < -0.4 is 5.32 Å². The number of hydrogen-bond acceptors (Lipinski definition) is 5. The highest BCUT2D eigenvalue weighted by atomic mass is 32.2. The largest absolute Gasteiger partial charge is 0.336 e. The van der Waals surface area contributed by atoms with E-state index >= 15 is 0 Å². The fraction of sp³-hybridized carbons (Fsp3) is 0.545. The monoisotopic (exact) mass is 431 g/mol. The number of anilines is 1. The highest BCUT2D eigenvalue weighted by Crippen LogP contribution is 2.18. The molecule has 1 N–H and O–H groups in total. The van der Waals surface area contributed by atoms with Gasteiger partial charge in [0.25, 0.3) is 5.91 Å². The lowest BCUT2D eigenvalue weighted by Gasteiger charge is -2.29. The quantitative estimate of drug-likeness (QED) is 0.399. The van der Waals surface area contributed by atoms with E-state index in [1.807, 2.05) is 24.1 Å². The number of unbranched alkanes of at least 4 members (excludes halogenated alkanes) is 2. The van der Waals surface area contributed by atoms with Gasteiger partial charge >= 0.3 is 0 Å². The standard InChI is InChI=1S/C22H33N5O2S/c1-5-7-8-13-27(17(3)10-6-2)21(29)18-11-9-12-19(14-18)24-20(28)15-30-22-25-23-16-26(22)4/h9,11-12,14,16-17H,5-8,10,13,15H2,1-4H3,(H,24,28). The van der Waals surface area contributed by atoms with E-state index in [2.05, 4.69) is 36.3 Å². The van der Waals surface area contributed by atoms with Gasteiger partial charge in [0.2, 0.25) is 5.91 Å². The number of amides is 2. The third-order valence-corrected chi connectivity index (χ3v) is 5.93. The minimum absolute atomic E-state index is 0.0246. The van der Waals surface area contributed by atoms with Gasteiger partial charge < -0.3 is 14.8 Å². The topological polar surface area (TPSA) is 80.1 Å². The van der Waals surface area contributed by atoms with E-state index in [4.69, 9.17) is 0 Å². The van der Waals surface area contributed by atoms with Crippen LogP contribution in [0.5, 0.6) is 0 Å². The molecule has 1 heterocycles. The summed E-state index contributed by atoms with van der Waals surface area (Å²) in [5, 5.41) is 11.3. The Morgan fingerprint density at radius 2 is 2.03 bits per heavy atom. The lowest BCUT2D eigenvalue weighted by atomic mass is 10.1. The normalized spacial score (nSPS) is 11.9. The summed E-state index contributed by atoms with van der Waals surface area (Å²) in [5.41, 5.74) is 1.23.